The van der Waals surface area contributed by atoms with E-state index in [4.69, 9.17) is 14.5 Å². The van der Waals surface area contributed by atoms with Crippen LogP contribution in [0.15, 0.2) is 73.1 Å². The molecular formula is C25H26N4O3. The number of para-hydroxylation sites is 4. The van der Waals surface area contributed by atoms with Gasteiger partial charge in [-0.25, -0.2) is 4.98 Å². The van der Waals surface area contributed by atoms with E-state index in [0.717, 1.165) is 22.6 Å². The average molecular weight is 431 g/mol. The molecule has 0 radical (unpaired) electrons. The highest BCUT2D eigenvalue weighted by atomic mass is 16.5. The van der Waals surface area contributed by atoms with Gasteiger partial charge in [-0.1, -0.05) is 24.3 Å². The number of rotatable bonds is 9. The zero-order chi connectivity index (χ0) is 22.3. The number of carbonyl (C=O) groups excluding carboxylic acids is 1. The molecule has 32 heavy (non-hydrogen) atoms. The van der Waals surface area contributed by atoms with Gasteiger partial charge < -0.3 is 19.4 Å². The van der Waals surface area contributed by atoms with Crippen molar-refractivity contribution in [3.8, 4) is 11.5 Å². The number of hydrogen-bond acceptors (Lipinski definition) is 5. The van der Waals surface area contributed by atoms with Gasteiger partial charge in [0.25, 0.3) is 5.91 Å². The molecule has 0 bridgehead atoms. The summed E-state index contributed by atoms with van der Waals surface area (Å²) in [5.74, 6) is 2.04. The normalized spacial score (nSPS) is 11.8. The summed E-state index contributed by atoms with van der Waals surface area (Å²) in [6, 6.07) is 18.7. The summed E-state index contributed by atoms with van der Waals surface area (Å²) in [5, 5.41) is 3.04. The number of pyridine rings is 1. The lowest BCUT2D eigenvalue weighted by Gasteiger charge is -2.17. The van der Waals surface area contributed by atoms with Crippen molar-refractivity contribution in [2.24, 2.45) is 0 Å². The molecule has 2 heterocycles. The SMILES string of the molecule is CCOc1ccccc1OCCn1c(C(C)NC(=O)c2ccncc2)nc2ccccc21. The minimum atomic E-state index is -0.293. The van der Waals surface area contributed by atoms with E-state index in [9.17, 15) is 4.79 Å². The molecule has 2 aromatic heterocycles. The Balaban J connectivity index is 1.53. The van der Waals surface area contributed by atoms with E-state index < -0.39 is 0 Å². The lowest BCUT2D eigenvalue weighted by atomic mass is 10.2. The second-order valence-corrected chi connectivity index (χ2v) is 7.27. The van der Waals surface area contributed by atoms with E-state index in [1.807, 2.05) is 62.4 Å². The third kappa shape index (κ3) is 4.72. The van der Waals surface area contributed by atoms with Gasteiger partial charge in [-0.05, 0) is 50.2 Å². The highest BCUT2D eigenvalue weighted by Crippen LogP contribution is 2.27. The first-order valence-electron chi connectivity index (χ1n) is 10.7. The molecule has 1 unspecified atom stereocenters. The van der Waals surface area contributed by atoms with Gasteiger partial charge in [0, 0.05) is 18.0 Å². The number of fused-ring (bicyclic) bond motifs is 1. The summed E-state index contributed by atoms with van der Waals surface area (Å²) >= 11 is 0. The molecule has 1 amide bonds. The smallest absolute Gasteiger partial charge is 0.251 e. The number of nitrogens with one attached hydrogen (secondary N) is 1. The third-order valence-corrected chi connectivity index (χ3v) is 5.08. The van der Waals surface area contributed by atoms with Gasteiger partial charge >= 0.3 is 0 Å². The number of nitrogens with zero attached hydrogens (tertiary/aromatic N) is 3. The van der Waals surface area contributed by atoms with Crippen LogP contribution >= 0.6 is 0 Å². The Kier molecular flexibility index (Phi) is 6.65. The van der Waals surface area contributed by atoms with Gasteiger partial charge in [-0.3, -0.25) is 9.78 Å². The van der Waals surface area contributed by atoms with E-state index in [-0.39, 0.29) is 11.9 Å². The van der Waals surface area contributed by atoms with Gasteiger partial charge in [0.15, 0.2) is 11.5 Å². The van der Waals surface area contributed by atoms with Gasteiger partial charge in [0.1, 0.15) is 12.4 Å². The predicted molar refractivity (Wildman–Crippen MR) is 123 cm³/mol. The van der Waals surface area contributed by atoms with Crippen molar-refractivity contribution in [1.82, 2.24) is 19.9 Å². The van der Waals surface area contributed by atoms with Crippen molar-refractivity contribution < 1.29 is 14.3 Å². The minimum absolute atomic E-state index is 0.166. The highest BCUT2D eigenvalue weighted by Gasteiger charge is 2.19. The zero-order valence-corrected chi connectivity index (χ0v) is 18.2. The van der Waals surface area contributed by atoms with E-state index in [2.05, 4.69) is 14.9 Å². The van der Waals surface area contributed by atoms with E-state index in [0.29, 0.717) is 31.1 Å². The lowest BCUT2D eigenvalue weighted by molar-refractivity contribution is 0.0937. The van der Waals surface area contributed by atoms with Crippen molar-refractivity contribution in [2.45, 2.75) is 26.4 Å². The van der Waals surface area contributed by atoms with Crippen LogP contribution in [0.1, 0.15) is 36.1 Å². The summed E-state index contributed by atoms with van der Waals surface area (Å²) < 4.78 is 13.8. The van der Waals surface area contributed by atoms with Crippen LogP contribution in [0.2, 0.25) is 0 Å². The molecule has 0 aliphatic rings. The topological polar surface area (TPSA) is 78.3 Å². The molecular weight excluding hydrogens is 404 g/mol. The van der Waals surface area contributed by atoms with Crippen LogP contribution in [-0.4, -0.2) is 33.7 Å². The van der Waals surface area contributed by atoms with Gasteiger partial charge in [-0.15, -0.1) is 0 Å². The zero-order valence-electron chi connectivity index (χ0n) is 18.2. The quantitative estimate of drug-likeness (QED) is 0.426. The fourth-order valence-electron chi connectivity index (χ4n) is 3.60. The van der Waals surface area contributed by atoms with Crippen molar-refractivity contribution >= 4 is 16.9 Å². The van der Waals surface area contributed by atoms with E-state index in [1.165, 1.54) is 0 Å². The third-order valence-electron chi connectivity index (χ3n) is 5.08. The van der Waals surface area contributed by atoms with E-state index in [1.54, 1.807) is 24.5 Å². The van der Waals surface area contributed by atoms with Crippen LogP contribution < -0.4 is 14.8 Å². The average Bonchev–Trinajstić information content (AvgIpc) is 3.20. The maximum Gasteiger partial charge on any atom is 0.251 e. The predicted octanol–water partition coefficient (Wildman–Crippen LogP) is 4.40. The molecule has 1 N–H and O–H groups in total. The van der Waals surface area contributed by atoms with Gasteiger partial charge in [-0.2, -0.15) is 0 Å². The first kappa shape index (κ1) is 21.4. The second kappa shape index (κ2) is 9.96. The van der Waals surface area contributed by atoms with Crippen LogP contribution in [0.4, 0.5) is 0 Å². The van der Waals surface area contributed by atoms with Crippen LogP contribution in [-0.2, 0) is 6.54 Å². The molecule has 2 aromatic carbocycles. The van der Waals surface area contributed by atoms with Crippen LogP contribution in [0, 0.1) is 0 Å². The largest absolute Gasteiger partial charge is 0.490 e. The molecule has 0 aliphatic heterocycles. The number of amides is 1. The molecule has 0 saturated carbocycles. The number of aromatic nitrogens is 3. The summed E-state index contributed by atoms with van der Waals surface area (Å²) in [4.78, 5) is 21.4. The van der Waals surface area contributed by atoms with Crippen molar-refractivity contribution in [1.29, 1.82) is 0 Å². The fourth-order valence-corrected chi connectivity index (χ4v) is 3.60. The Morgan fingerprint density at radius 3 is 2.44 bits per heavy atom. The molecule has 4 rings (SSSR count). The minimum Gasteiger partial charge on any atom is -0.490 e. The molecule has 164 valence electrons. The van der Waals surface area contributed by atoms with Crippen molar-refractivity contribution in [3.63, 3.8) is 0 Å². The van der Waals surface area contributed by atoms with E-state index >= 15 is 0 Å². The summed E-state index contributed by atoms with van der Waals surface area (Å²) in [5.41, 5.74) is 2.43. The first-order valence-corrected chi connectivity index (χ1v) is 10.7. The molecule has 0 spiro atoms. The maximum atomic E-state index is 12.6. The van der Waals surface area contributed by atoms with Crippen LogP contribution in [0.5, 0.6) is 11.5 Å². The van der Waals surface area contributed by atoms with Gasteiger partial charge in [0.2, 0.25) is 0 Å². The molecule has 1 atom stereocenters. The molecule has 0 aliphatic carbocycles. The number of ether oxygens (including phenoxy) is 2. The number of benzene rings is 2. The molecule has 7 heteroatoms. The Morgan fingerprint density at radius 2 is 1.69 bits per heavy atom. The summed E-state index contributed by atoms with van der Waals surface area (Å²) in [7, 11) is 0. The van der Waals surface area contributed by atoms with Crippen LogP contribution in [0.25, 0.3) is 11.0 Å². The number of carbonyl (C=O) groups is 1. The lowest BCUT2D eigenvalue weighted by Crippen LogP contribution is -2.29. The summed E-state index contributed by atoms with van der Waals surface area (Å²) in [6.07, 6.45) is 3.21. The monoisotopic (exact) mass is 430 g/mol. The highest BCUT2D eigenvalue weighted by molar-refractivity contribution is 5.94. The number of hydrogen-bond donors (Lipinski definition) is 1. The summed E-state index contributed by atoms with van der Waals surface area (Å²) in [6.45, 7) is 5.46. The second-order valence-electron chi connectivity index (χ2n) is 7.27. The Bertz CT molecular complexity index is 1190. The Hall–Kier alpha value is -3.87. The Labute approximate surface area is 187 Å². The first-order chi connectivity index (χ1) is 15.7. The standard InChI is InChI=1S/C25H26N4O3/c1-3-31-22-10-6-7-11-23(22)32-17-16-29-21-9-5-4-8-20(21)28-24(29)18(2)27-25(30)19-12-14-26-15-13-19/h4-15,18H,3,16-17H2,1-2H3,(H,27,30). The molecule has 0 saturated heterocycles. The number of imidazole rings is 1. The molecule has 0 fully saturated rings. The molecule has 4 aromatic rings. The van der Waals surface area contributed by atoms with Crippen LogP contribution in [0.3, 0.4) is 0 Å². The van der Waals surface area contributed by atoms with Crippen molar-refractivity contribution in [3.05, 3.63) is 84.4 Å². The van der Waals surface area contributed by atoms with Gasteiger partial charge in [0.05, 0.1) is 30.2 Å². The fraction of sp³-hybridized carbons (Fsp3) is 0.240. The van der Waals surface area contributed by atoms with Crippen molar-refractivity contribution in [2.75, 3.05) is 13.2 Å². The Morgan fingerprint density at radius 1 is 1.00 bits per heavy atom. The maximum absolute atomic E-state index is 12.6. The molecule has 7 nitrogen and oxygen atoms in total.